The van der Waals surface area contributed by atoms with Crippen molar-refractivity contribution in [2.45, 2.75) is 18.8 Å². The number of aromatic nitrogens is 1. The van der Waals surface area contributed by atoms with Crippen molar-refractivity contribution in [1.82, 2.24) is 15.6 Å². The van der Waals surface area contributed by atoms with Crippen LogP contribution in [0.25, 0.3) is 10.9 Å². The van der Waals surface area contributed by atoms with E-state index in [0.29, 0.717) is 13.0 Å². The summed E-state index contributed by atoms with van der Waals surface area (Å²) in [5, 5.41) is 7.36. The number of carbonyl (C=O) groups is 1. The van der Waals surface area contributed by atoms with E-state index in [-0.39, 0.29) is 11.8 Å². The molecule has 0 spiro atoms. The molecule has 0 saturated heterocycles. The number of aromatic amines is 1. The molecule has 0 fully saturated rings. The van der Waals surface area contributed by atoms with Crippen LogP contribution < -0.4 is 15.4 Å². The molecule has 1 unspecified atom stereocenters. The summed E-state index contributed by atoms with van der Waals surface area (Å²) in [5.74, 6) is 0.983. The fourth-order valence-corrected chi connectivity index (χ4v) is 3.36. The van der Waals surface area contributed by atoms with Crippen LogP contribution in [0.4, 0.5) is 0 Å². The molecule has 1 amide bonds. The monoisotopic (exact) mass is 365 g/mol. The molecule has 2 aromatic carbocycles. The molecule has 27 heavy (non-hydrogen) atoms. The normalized spacial score (nSPS) is 12.1. The molecular weight excluding hydrogens is 338 g/mol. The molecule has 0 radical (unpaired) electrons. The summed E-state index contributed by atoms with van der Waals surface area (Å²) in [4.78, 5) is 15.6. The van der Waals surface area contributed by atoms with E-state index < -0.39 is 0 Å². The molecule has 0 aliphatic rings. The first-order valence-electron chi connectivity index (χ1n) is 9.34. The molecule has 3 aromatic rings. The average Bonchev–Trinajstić information content (AvgIpc) is 3.13. The minimum absolute atomic E-state index is 0.0697. The van der Waals surface area contributed by atoms with Gasteiger partial charge in [0.1, 0.15) is 5.75 Å². The maximum Gasteiger partial charge on any atom is 0.220 e. The number of methoxy groups -OCH3 is 1. The van der Waals surface area contributed by atoms with Crippen LogP contribution in [0, 0.1) is 0 Å². The number of fused-ring (bicyclic) bond motifs is 1. The van der Waals surface area contributed by atoms with Gasteiger partial charge in [-0.15, -0.1) is 0 Å². The molecule has 0 aliphatic heterocycles. The van der Waals surface area contributed by atoms with Crippen LogP contribution in [0.3, 0.4) is 0 Å². The highest BCUT2D eigenvalue weighted by Gasteiger charge is 2.19. The van der Waals surface area contributed by atoms with Crippen LogP contribution in [0.5, 0.6) is 5.75 Å². The highest BCUT2D eigenvalue weighted by atomic mass is 16.5. The summed E-state index contributed by atoms with van der Waals surface area (Å²) < 4.78 is 5.28. The number of amides is 1. The highest BCUT2D eigenvalue weighted by molar-refractivity contribution is 5.84. The maximum atomic E-state index is 12.2. The highest BCUT2D eigenvalue weighted by Crippen LogP contribution is 2.31. The molecular formula is C22H27N3O2. The van der Waals surface area contributed by atoms with Crippen LogP contribution in [0.2, 0.25) is 0 Å². The first-order chi connectivity index (χ1) is 13.2. The number of H-pyrrole nitrogens is 1. The van der Waals surface area contributed by atoms with Crippen molar-refractivity contribution >= 4 is 16.8 Å². The second-order valence-corrected chi connectivity index (χ2v) is 6.63. The van der Waals surface area contributed by atoms with Gasteiger partial charge in [0.25, 0.3) is 0 Å². The third kappa shape index (κ3) is 4.68. The van der Waals surface area contributed by atoms with Crippen molar-refractivity contribution in [1.29, 1.82) is 0 Å². The molecule has 3 rings (SSSR count). The van der Waals surface area contributed by atoms with E-state index in [1.54, 1.807) is 7.11 Å². The lowest BCUT2D eigenvalue weighted by Gasteiger charge is -2.18. The summed E-state index contributed by atoms with van der Waals surface area (Å²) in [6.07, 6.45) is 3.42. The predicted molar refractivity (Wildman–Crippen MR) is 109 cm³/mol. The van der Waals surface area contributed by atoms with Crippen LogP contribution in [0.15, 0.2) is 54.7 Å². The van der Waals surface area contributed by atoms with Crippen LogP contribution in [-0.4, -0.2) is 38.1 Å². The average molecular weight is 365 g/mol. The zero-order chi connectivity index (χ0) is 19.1. The standard InChI is InChI=1S/C22H27N3O2/c1-23-13-5-8-22(26)25-14-19(16-9-11-17(27-2)12-10-16)20-15-24-21-7-4-3-6-18(20)21/h3-4,6-7,9-12,15,19,23-24H,5,8,13-14H2,1-2H3,(H,25,26). The van der Waals surface area contributed by atoms with Gasteiger partial charge in [-0.2, -0.15) is 0 Å². The third-order valence-electron chi connectivity index (χ3n) is 4.85. The fourth-order valence-electron chi connectivity index (χ4n) is 3.36. The Morgan fingerprint density at radius 2 is 1.93 bits per heavy atom. The quantitative estimate of drug-likeness (QED) is 0.509. The largest absolute Gasteiger partial charge is 0.497 e. The first-order valence-corrected chi connectivity index (χ1v) is 9.34. The Hall–Kier alpha value is -2.79. The van der Waals surface area contributed by atoms with E-state index in [4.69, 9.17) is 4.74 Å². The van der Waals surface area contributed by atoms with Crippen molar-refractivity contribution in [2.75, 3.05) is 27.2 Å². The minimum atomic E-state index is 0.0697. The molecule has 142 valence electrons. The van der Waals surface area contributed by atoms with Gasteiger partial charge in [0.15, 0.2) is 0 Å². The van der Waals surface area contributed by atoms with Gasteiger partial charge in [0.2, 0.25) is 5.91 Å². The molecule has 5 nitrogen and oxygen atoms in total. The van der Waals surface area contributed by atoms with Crippen molar-refractivity contribution in [2.24, 2.45) is 0 Å². The van der Waals surface area contributed by atoms with Gasteiger partial charge >= 0.3 is 0 Å². The number of para-hydroxylation sites is 1. The van der Waals surface area contributed by atoms with E-state index in [1.165, 1.54) is 10.9 Å². The van der Waals surface area contributed by atoms with E-state index in [2.05, 4.69) is 39.9 Å². The lowest BCUT2D eigenvalue weighted by molar-refractivity contribution is -0.121. The van der Waals surface area contributed by atoms with E-state index in [0.717, 1.165) is 29.8 Å². The van der Waals surface area contributed by atoms with Gasteiger partial charge in [-0.05, 0) is 49.3 Å². The molecule has 3 N–H and O–H groups in total. The summed E-state index contributed by atoms with van der Waals surface area (Å²) >= 11 is 0. The van der Waals surface area contributed by atoms with E-state index in [1.807, 2.05) is 37.5 Å². The van der Waals surface area contributed by atoms with Gasteiger partial charge in [-0.3, -0.25) is 4.79 Å². The SMILES string of the molecule is CNCCCC(=O)NCC(c1ccc(OC)cc1)c1c[nH]c2ccccc12. The van der Waals surface area contributed by atoms with E-state index in [9.17, 15) is 4.79 Å². The van der Waals surface area contributed by atoms with Crippen LogP contribution in [-0.2, 0) is 4.79 Å². The number of carbonyl (C=O) groups excluding carboxylic acids is 1. The molecule has 1 atom stereocenters. The number of hydrogen-bond acceptors (Lipinski definition) is 3. The Morgan fingerprint density at radius 3 is 2.67 bits per heavy atom. The minimum Gasteiger partial charge on any atom is -0.497 e. The molecule has 0 saturated carbocycles. The number of ether oxygens (including phenoxy) is 1. The number of rotatable bonds is 9. The lowest BCUT2D eigenvalue weighted by atomic mass is 9.90. The second-order valence-electron chi connectivity index (χ2n) is 6.63. The van der Waals surface area contributed by atoms with Gasteiger partial charge < -0.3 is 20.4 Å². The molecule has 0 bridgehead atoms. The fraction of sp³-hybridized carbons (Fsp3) is 0.318. The molecule has 5 heteroatoms. The zero-order valence-corrected chi connectivity index (χ0v) is 15.9. The number of hydrogen-bond donors (Lipinski definition) is 3. The summed E-state index contributed by atoms with van der Waals surface area (Å²) in [7, 11) is 3.56. The van der Waals surface area contributed by atoms with Gasteiger partial charge in [-0.25, -0.2) is 0 Å². The Kier molecular flexibility index (Phi) is 6.49. The Balaban J connectivity index is 1.83. The van der Waals surface area contributed by atoms with E-state index >= 15 is 0 Å². The topological polar surface area (TPSA) is 66.2 Å². The number of benzene rings is 2. The zero-order valence-electron chi connectivity index (χ0n) is 15.9. The number of nitrogens with one attached hydrogen (secondary N) is 3. The van der Waals surface area contributed by atoms with Crippen LogP contribution >= 0.6 is 0 Å². The summed E-state index contributed by atoms with van der Waals surface area (Å²) in [6.45, 7) is 1.41. The Bertz CT molecular complexity index is 871. The van der Waals surface area contributed by atoms with Crippen molar-refractivity contribution in [3.8, 4) is 5.75 Å². The lowest BCUT2D eigenvalue weighted by Crippen LogP contribution is -2.29. The van der Waals surface area contributed by atoms with Crippen molar-refractivity contribution in [3.63, 3.8) is 0 Å². The molecule has 1 aromatic heterocycles. The molecule has 0 aliphatic carbocycles. The predicted octanol–water partition coefficient (Wildman–Crippen LogP) is 3.42. The van der Waals surface area contributed by atoms with Gasteiger partial charge in [0, 0.05) is 36.0 Å². The van der Waals surface area contributed by atoms with Gasteiger partial charge in [0.05, 0.1) is 7.11 Å². The van der Waals surface area contributed by atoms with Crippen molar-refractivity contribution in [3.05, 3.63) is 65.9 Å². The van der Waals surface area contributed by atoms with Crippen molar-refractivity contribution < 1.29 is 9.53 Å². The van der Waals surface area contributed by atoms with Crippen LogP contribution in [0.1, 0.15) is 29.9 Å². The summed E-state index contributed by atoms with van der Waals surface area (Å²) in [6, 6.07) is 16.3. The van der Waals surface area contributed by atoms with Gasteiger partial charge in [-0.1, -0.05) is 30.3 Å². The second kappa shape index (κ2) is 9.24. The first kappa shape index (κ1) is 19.0. The third-order valence-corrected chi connectivity index (χ3v) is 4.85. The smallest absolute Gasteiger partial charge is 0.220 e. The Labute approximate surface area is 160 Å². The Morgan fingerprint density at radius 1 is 1.15 bits per heavy atom. The maximum absolute atomic E-state index is 12.2. The summed E-state index contributed by atoms with van der Waals surface area (Å²) in [5.41, 5.74) is 3.44. The molecule has 1 heterocycles.